The van der Waals surface area contributed by atoms with Gasteiger partial charge in [-0.3, -0.25) is 9.59 Å². The fourth-order valence-electron chi connectivity index (χ4n) is 1.61. The number of hydrogen-bond donors (Lipinski definition) is 3. The van der Waals surface area contributed by atoms with Crippen molar-refractivity contribution in [3.05, 3.63) is 35.4 Å². The highest BCUT2D eigenvalue weighted by atomic mass is 16.3. The Balaban J connectivity index is 2.26. The van der Waals surface area contributed by atoms with Gasteiger partial charge in [0, 0.05) is 24.9 Å². The van der Waals surface area contributed by atoms with Gasteiger partial charge in [0.15, 0.2) is 0 Å². The molecule has 0 atom stereocenters. The van der Waals surface area contributed by atoms with Crippen LogP contribution in [-0.4, -0.2) is 23.5 Å². The van der Waals surface area contributed by atoms with Crippen LogP contribution in [0.3, 0.4) is 0 Å². The predicted octanol–water partition coefficient (Wildman–Crippen LogP) is 1.35. The number of carbonyl (C=O) groups excluding carboxylic acids is 2. The van der Waals surface area contributed by atoms with E-state index in [0.717, 1.165) is 11.1 Å². The van der Waals surface area contributed by atoms with E-state index in [-0.39, 0.29) is 24.8 Å². The Morgan fingerprint density at radius 3 is 2.14 bits per heavy atom. The molecule has 0 heterocycles. The summed E-state index contributed by atoms with van der Waals surface area (Å²) >= 11 is 0. The lowest BCUT2D eigenvalue weighted by molar-refractivity contribution is -0.128. The molecule has 0 aliphatic carbocycles. The zero-order valence-corrected chi connectivity index (χ0v) is 12.9. The van der Waals surface area contributed by atoms with Crippen LogP contribution in [0.15, 0.2) is 24.3 Å². The van der Waals surface area contributed by atoms with Gasteiger partial charge in [0.25, 0.3) is 0 Å². The van der Waals surface area contributed by atoms with Crippen LogP contribution in [-0.2, 0) is 22.7 Å². The lowest BCUT2D eigenvalue weighted by Gasteiger charge is -2.17. The Kier molecular flexibility index (Phi) is 6.37. The Labute approximate surface area is 125 Å². The van der Waals surface area contributed by atoms with Crippen molar-refractivity contribution in [2.24, 2.45) is 5.41 Å². The molecule has 2 amide bonds. The van der Waals surface area contributed by atoms with Gasteiger partial charge in [0.05, 0.1) is 6.61 Å². The van der Waals surface area contributed by atoms with Crippen molar-refractivity contribution < 1.29 is 14.7 Å². The van der Waals surface area contributed by atoms with Crippen LogP contribution in [0.4, 0.5) is 0 Å². The lowest BCUT2D eigenvalue weighted by Crippen LogP contribution is -2.37. The first kappa shape index (κ1) is 17.2. The van der Waals surface area contributed by atoms with Crippen molar-refractivity contribution in [1.29, 1.82) is 0 Å². The molecule has 1 aromatic rings. The number of nitrogens with one attached hydrogen (secondary N) is 2. The lowest BCUT2D eigenvalue weighted by atomic mass is 9.96. The highest BCUT2D eigenvalue weighted by molar-refractivity contribution is 5.82. The maximum Gasteiger partial charge on any atom is 0.225 e. The van der Waals surface area contributed by atoms with E-state index in [1.807, 2.05) is 45.0 Å². The number of rotatable bonds is 6. The number of aliphatic hydroxyl groups excluding tert-OH is 1. The average Bonchev–Trinajstić information content (AvgIpc) is 2.44. The standard InChI is InChI=1S/C16H24N2O3/c1-16(2,3)15(21)17-9-8-14(20)18-10-12-4-6-13(11-19)7-5-12/h4-7,19H,8-11H2,1-3H3,(H,17,21)(H,18,20). The fraction of sp³-hybridized carbons (Fsp3) is 0.500. The molecule has 21 heavy (non-hydrogen) atoms. The first-order chi connectivity index (χ1) is 9.82. The second-order valence-corrected chi connectivity index (χ2v) is 6.01. The summed E-state index contributed by atoms with van der Waals surface area (Å²) in [7, 11) is 0. The van der Waals surface area contributed by atoms with Gasteiger partial charge in [-0.05, 0) is 11.1 Å². The first-order valence-electron chi connectivity index (χ1n) is 7.06. The SMILES string of the molecule is CC(C)(C)C(=O)NCCC(=O)NCc1ccc(CO)cc1. The van der Waals surface area contributed by atoms with Crippen LogP contribution in [0.2, 0.25) is 0 Å². The molecule has 0 saturated carbocycles. The monoisotopic (exact) mass is 292 g/mol. The van der Waals surface area contributed by atoms with Crippen LogP contribution in [0, 0.1) is 5.41 Å². The molecule has 0 aliphatic heterocycles. The van der Waals surface area contributed by atoms with E-state index in [0.29, 0.717) is 13.1 Å². The molecule has 1 rings (SSSR count). The molecule has 0 radical (unpaired) electrons. The van der Waals surface area contributed by atoms with Crippen LogP contribution >= 0.6 is 0 Å². The van der Waals surface area contributed by atoms with Gasteiger partial charge < -0.3 is 15.7 Å². The smallest absolute Gasteiger partial charge is 0.225 e. The van der Waals surface area contributed by atoms with Crippen molar-refractivity contribution >= 4 is 11.8 Å². The summed E-state index contributed by atoms with van der Waals surface area (Å²) < 4.78 is 0. The molecular formula is C16H24N2O3. The molecule has 0 unspecified atom stereocenters. The molecule has 116 valence electrons. The zero-order chi connectivity index (χ0) is 15.9. The molecule has 1 aromatic carbocycles. The van der Waals surface area contributed by atoms with Gasteiger partial charge in [-0.25, -0.2) is 0 Å². The van der Waals surface area contributed by atoms with Crippen molar-refractivity contribution in [2.45, 2.75) is 40.3 Å². The minimum Gasteiger partial charge on any atom is -0.392 e. The van der Waals surface area contributed by atoms with Gasteiger partial charge >= 0.3 is 0 Å². The number of hydrogen-bond acceptors (Lipinski definition) is 3. The summed E-state index contributed by atoms with van der Waals surface area (Å²) in [5, 5.41) is 14.5. The van der Waals surface area contributed by atoms with Crippen LogP contribution in [0.1, 0.15) is 38.3 Å². The van der Waals surface area contributed by atoms with Crippen molar-refractivity contribution in [3.8, 4) is 0 Å². The molecule has 0 bridgehead atoms. The molecule has 0 saturated heterocycles. The highest BCUT2D eigenvalue weighted by Gasteiger charge is 2.20. The molecule has 5 heteroatoms. The Hall–Kier alpha value is -1.88. The fourth-order valence-corrected chi connectivity index (χ4v) is 1.61. The van der Waals surface area contributed by atoms with E-state index in [2.05, 4.69) is 10.6 Å². The molecule has 3 N–H and O–H groups in total. The molecule has 0 spiro atoms. The van der Waals surface area contributed by atoms with Gasteiger partial charge in [0.1, 0.15) is 0 Å². The molecule has 0 fully saturated rings. The van der Waals surface area contributed by atoms with Crippen molar-refractivity contribution in [2.75, 3.05) is 6.54 Å². The van der Waals surface area contributed by atoms with Crippen LogP contribution in [0.5, 0.6) is 0 Å². The third-order valence-electron chi connectivity index (χ3n) is 3.01. The third-order valence-corrected chi connectivity index (χ3v) is 3.01. The molecular weight excluding hydrogens is 268 g/mol. The van der Waals surface area contributed by atoms with Gasteiger partial charge in [-0.2, -0.15) is 0 Å². The normalized spacial score (nSPS) is 11.0. The Morgan fingerprint density at radius 2 is 1.62 bits per heavy atom. The summed E-state index contributed by atoms with van der Waals surface area (Å²) in [4.78, 5) is 23.3. The highest BCUT2D eigenvalue weighted by Crippen LogP contribution is 2.12. The minimum absolute atomic E-state index is 0.0140. The number of amides is 2. The van der Waals surface area contributed by atoms with Crippen molar-refractivity contribution in [1.82, 2.24) is 10.6 Å². The largest absolute Gasteiger partial charge is 0.392 e. The summed E-state index contributed by atoms with van der Waals surface area (Å²) in [5.74, 6) is -0.162. The number of benzene rings is 1. The van der Waals surface area contributed by atoms with Gasteiger partial charge in [-0.1, -0.05) is 45.0 Å². The van der Waals surface area contributed by atoms with E-state index >= 15 is 0 Å². The van der Waals surface area contributed by atoms with Crippen LogP contribution in [0.25, 0.3) is 0 Å². The topological polar surface area (TPSA) is 78.4 Å². The maximum atomic E-state index is 11.7. The van der Waals surface area contributed by atoms with E-state index in [1.54, 1.807) is 0 Å². The van der Waals surface area contributed by atoms with Crippen molar-refractivity contribution in [3.63, 3.8) is 0 Å². The Bertz CT molecular complexity index is 475. The average molecular weight is 292 g/mol. The quantitative estimate of drug-likeness (QED) is 0.740. The van der Waals surface area contributed by atoms with E-state index in [4.69, 9.17) is 5.11 Å². The maximum absolute atomic E-state index is 11.7. The summed E-state index contributed by atoms with van der Waals surface area (Å²) in [6.45, 7) is 6.29. The minimum atomic E-state index is -0.440. The first-order valence-corrected chi connectivity index (χ1v) is 7.06. The van der Waals surface area contributed by atoms with E-state index in [9.17, 15) is 9.59 Å². The van der Waals surface area contributed by atoms with Crippen LogP contribution < -0.4 is 10.6 Å². The van der Waals surface area contributed by atoms with Gasteiger partial charge in [0.2, 0.25) is 11.8 Å². The van der Waals surface area contributed by atoms with E-state index < -0.39 is 5.41 Å². The summed E-state index contributed by atoms with van der Waals surface area (Å²) in [5.41, 5.74) is 1.37. The number of carbonyl (C=O) groups is 2. The second kappa shape index (κ2) is 7.78. The van der Waals surface area contributed by atoms with E-state index in [1.165, 1.54) is 0 Å². The molecule has 0 aliphatic rings. The predicted molar refractivity (Wildman–Crippen MR) is 81.3 cm³/mol. The molecule has 0 aromatic heterocycles. The summed E-state index contributed by atoms with van der Waals surface area (Å²) in [6, 6.07) is 7.39. The Morgan fingerprint density at radius 1 is 1.05 bits per heavy atom. The second-order valence-electron chi connectivity index (χ2n) is 6.01. The molecule has 5 nitrogen and oxygen atoms in total. The zero-order valence-electron chi connectivity index (χ0n) is 12.9. The summed E-state index contributed by atoms with van der Waals surface area (Å²) in [6.07, 6.45) is 0.260. The third kappa shape index (κ3) is 6.40. The number of aliphatic hydroxyl groups is 1. The van der Waals surface area contributed by atoms with Gasteiger partial charge in [-0.15, -0.1) is 0 Å².